The van der Waals surface area contributed by atoms with Gasteiger partial charge in [0.25, 0.3) is 0 Å². The minimum absolute atomic E-state index is 0.00853. The van der Waals surface area contributed by atoms with Crippen LogP contribution >= 0.6 is 0 Å². The summed E-state index contributed by atoms with van der Waals surface area (Å²) in [5.41, 5.74) is -2.73. The lowest BCUT2D eigenvalue weighted by molar-refractivity contribution is -0.188. The first-order valence-electron chi connectivity index (χ1n) is 12.9. The van der Waals surface area contributed by atoms with Gasteiger partial charge in [-0.25, -0.2) is 0 Å². The van der Waals surface area contributed by atoms with Gasteiger partial charge in [-0.1, -0.05) is 13.8 Å². The monoisotopic (exact) mass is 462 g/mol. The number of carbonyl (C=O) groups is 1. The van der Waals surface area contributed by atoms with Gasteiger partial charge in [0.1, 0.15) is 0 Å². The van der Waals surface area contributed by atoms with Gasteiger partial charge in [0, 0.05) is 11.3 Å². The predicted octanol–water partition coefficient (Wildman–Crippen LogP) is 2.90. The molecule has 0 aromatic rings. The van der Waals surface area contributed by atoms with Crippen molar-refractivity contribution in [1.29, 1.82) is 0 Å². The maximum atomic E-state index is 13.3. The van der Waals surface area contributed by atoms with Gasteiger partial charge in [-0.15, -0.1) is 0 Å². The summed E-state index contributed by atoms with van der Waals surface area (Å²) in [4.78, 5) is 13.3. The zero-order chi connectivity index (χ0) is 24.2. The van der Waals surface area contributed by atoms with Crippen molar-refractivity contribution < 1.29 is 30.0 Å². The third-order valence-electron chi connectivity index (χ3n) is 10.9. The van der Waals surface area contributed by atoms with Gasteiger partial charge < -0.3 is 25.2 Å². The second kappa shape index (κ2) is 7.13. The van der Waals surface area contributed by atoms with E-state index < -0.39 is 34.2 Å². The van der Waals surface area contributed by atoms with Crippen LogP contribution in [0, 0.1) is 28.6 Å². The molecule has 0 radical (unpaired) electrons. The fraction of sp³-hybridized carbons (Fsp3) is 0.889. The predicted molar refractivity (Wildman–Crippen MR) is 123 cm³/mol. The molecule has 0 aromatic heterocycles. The van der Waals surface area contributed by atoms with E-state index in [1.807, 2.05) is 6.92 Å². The van der Waals surface area contributed by atoms with E-state index in [1.165, 1.54) is 0 Å². The highest BCUT2D eigenvalue weighted by atomic mass is 16.5. The molecule has 6 nitrogen and oxygen atoms in total. The van der Waals surface area contributed by atoms with Crippen molar-refractivity contribution in [2.75, 3.05) is 0 Å². The lowest BCUT2D eigenvalue weighted by Gasteiger charge is -2.60. The van der Waals surface area contributed by atoms with E-state index in [9.17, 15) is 25.2 Å². The van der Waals surface area contributed by atoms with Crippen molar-refractivity contribution in [2.45, 2.75) is 121 Å². The Morgan fingerprint density at radius 3 is 2.33 bits per heavy atom. The van der Waals surface area contributed by atoms with Crippen molar-refractivity contribution >= 4 is 5.78 Å². The summed E-state index contributed by atoms with van der Waals surface area (Å²) in [6.07, 6.45) is 4.77. The Morgan fingerprint density at radius 1 is 1.00 bits per heavy atom. The van der Waals surface area contributed by atoms with Crippen LogP contribution in [0.5, 0.6) is 0 Å². The molecule has 5 aliphatic rings. The zero-order valence-electron chi connectivity index (χ0n) is 20.8. The van der Waals surface area contributed by atoms with Crippen LogP contribution in [0.3, 0.4) is 0 Å². The number of hydrogen-bond donors (Lipinski definition) is 4. The highest BCUT2D eigenvalue weighted by Gasteiger charge is 2.69. The Balaban J connectivity index is 1.51. The van der Waals surface area contributed by atoms with E-state index >= 15 is 0 Å². The molecule has 4 N–H and O–H groups in total. The molecule has 0 unspecified atom stereocenters. The van der Waals surface area contributed by atoms with Gasteiger partial charge in [0.05, 0.1) is 35.1 Å². The molecular formula is C27H42O6. The number of aliphatic hydroxyl groups excluding tert-OH is 2. The molecule has 5 rings (SSSR count). The summed E-state index contributed by atoms with van der Waals surface area (Å²) < 4.78 is 6.26. The molecular weight excluding hydrogens is 420 g/mol. The highest BCUT2D eigenvalue weighted by Crippen LogP contribution is 2.69. The Labute approximate surface area is 197 Å². The van der Waals surface area contributed by atoms with E-state index in [0.29, 0.717) is 19.3 Å². The first-order chi connectivity index (χ1) is 15.2. The van der Waals surface area contributed by atoms with Crippen LogP contribution in [-0.2, 0) is 9.53 Å². The van der Waals surface area contributed by atoms with E-state index in [4.69, 9.17) is 4.74 Å². The van der Waals surface area contributed by atoms with E-state index in [-0.39, 0.29) is 41.7 Å². The number of fused-ring (bicyclic) bond motifs is 5. The van der Waals surface area contributed by atoms with Crippen molar-refractivity contribution in [1.82, 2.24) is 0 Å². The number of hydrogen-bond acceptors (Lipinski definition) is 6. The van der Waals surface area contributed by atoms with Crippen molar-refractivity contribution in [3.63, 3.8) is 0 Å². The smallest absolute Gasteiger partial charge is 0.159 e. The Morgan fingerprint density at radius 2 is 1.70 bits per heavy atom. The molecule has 3 saturated carbocycles. The van der Waals surface area contributed by atoms with Crippen LogP contribution in [0.2, 0.25) is 0 Å². The van der Waals surface area contributed by atoms with Crippen molar-refractivity contribution in [2.24, 2.45) is 28.6 Å². The number of aliphatic hydroxyl groups is 4. The van der Waals surface area contributed by atoms with Crippen LogP contribution in [0.1, 0.15) is 86.0 Å². The molecule has 1 aliphatic heterocycles. The summed E-state index contributed by atoms with van der Waals surface area (Å²) in [6, 6.07) is 0. The molecule has 10 atom stereocenters. The summed E-state index contributed by atoms with van der Waals surface area (Å²) in [7, 11) is 0. The SMILES string of the molecule is CC1(C)CC[C@H]([C@](C)(O)[C@H]2CC[C@@]3(O)C4=CC(=O)[C@@H]5C[C@@H](O)[C@@H](O)C[C@]5(C)[C@H]4CC[C@]23C)O1. The third kappa shape index (κ3) is 3.13. The van der Waals surface area contributed by atoms with E-state index in [1.54, 1.807) is 6.08 Å². The molecule has 186 valence electrons. The second-order valence-electron chi connectivity index (χ2n) is 13.2. The summed E-state index contributed by atoms with van der Waals surface area (Å²) in [5, 5.41) is 44.9. The van der Waals surface area contributed by atoms with Crippen LogP contribution in [0.15, 0.2) is 11.6 Å². The number of rotatable bonds is 2. The lowest BCUT2D eigenvalue weighted by Crippen LogP contribution is -2.62. The number of carbonyl (C=O) groups excluding carboxylic acids is 1. The minimum atomic E-state index is -1.16. The topological polar surface area (TPSA) is 107 Å². The van der Waals surface area contributed by atoms with Gasteiger partial charge in [-0.2, -0.15) is 0 Å². The molecule has 0 bridgehead atoms. The van der Waals surface area contributed by atoms with Crippen LogP contribution in [0.25, 0.3) is 0 Å². The molecule has 4 fully saturated rings. The van der Waals surface area contributed by atoms with Gasteiger partial charge in [-0.05, 0) is 101 Å². The fourth-order valence-electron chi connectivity index (χ4n) is 8.93. The largest absolute Gasteiger partial charge is 0.390 e. The molecule has 1 heterocycles. The number of ketones is 1. The molecule has 0 spiro atoms. The van der Waals surface area contributed by atoms with E-state index in [2.05, 4.69) is 27.7 Å². The standard InChI is InChI=1S/C27H42O6/c1-23(2)9-8-22(33-23)26(5,31)21-7-11-27(32)16-12-18(28)17-13-19(29)20(30)14-24(17,3)15(16)6-10-25(21,27)4/h12,15,17,19-22,29-32H,6-11,13-14H2,1-5H3/t15-,17-,19+,20-,21-,22+,24+,25+,26+,27+/m0/s1. The number of allylic oxidation sites excluding steroid dienone is 1. The van der Waals surface area contributed by atoms with Gasteiger partial charge >= 0.3 is 0 Å². The lowest BCUT2D eigenvalue weighted by atomic mass is 9.45. The molecule has 6 heteroatoms. The quantitative estimate of drug-likeness (QED) is 0.503. The summed E-state index contributed by atoms with van der Waals surface area (Å²) >= 11 is 0. The first-order valence-corrected chi connectivity index (χ1v) is 12.9. The van der Waals surface area contributed by atoms with Gasteiger partial charge in [0.15, 0.2) is 5.78 Å². The second-order valence-corrected chi connectivity index (χ2v) is 13.2. The molecule has 0 amide bonds. The highest BCUT2D eigenvalue weighted by molar-refractivity contribution is 5.95. The van der Waals surface area contributed by atoms with E-state index in [0.717, 1.165) is 31.3 Å². The molecule has 33 heavy (non-hydrogen) atoms. The summed E-state index contributed by atoms with van der Waals surface area (Å²) in [5.74, 6) is -0.517. The van der Waals surface area contributed by atoms with Crippen LogP contribution < -0.4 is 0 Å². The maximum absolute atomic E-state index is 13.3. The number of ether oxygens (including phenoxy) is 1. The average molecular weight is 463 g/mol. The fourth-order valence-corrected chi connectivity index (χ4v) is 8.93. The van der Waals surface area contributed by atoms with Crippen LogP contribution in [-0.4, -0.2) is 61.3 Å². The Bertz CT molecular complexity index is 878. The molecule has 1 saturated heterocycles. The minimum Gasteiger partial charge on any atom is -0.390 e. The van der Waals surface area contributed by atoms with Crippen LogP contribution in [0.4, 0.5) is 0 Å². The summed E-state index contributed by atoms with van der Waals surface area (Å²) in [6.45, 7) is 10.2. The molecule has 0 aromatic carbocycles. The van der Waals surface area contributed by atoms with Gasteiger partial charge in [-0.3, -0.25) is 4.79 Å². The first kappa shape index (κ1) is 23.9. The Hall–Kier alpha value is -0.790. The average Bonchev–Trinajstić information content (AvgIpc) is 3.21. The van der Waals surface area contributed by atoms with Crippen molar-refractivity contribution in [3.8, 4) is 0 Å². The van der Waals surface area contributed by atoms with Gasteiger partial charge in [0.2, 0.25) is 0 Å². The molecule has 4 aliphatic carbocycles. The zero-order valence-corrected chi connectivity index (χ0v) is 20.8. The normalized spacial score (nSPS) is 53.0. The van der Waals surface area contributed by atoms with Crippen molar-refractivity contribution in [3.05, 3.63) is 11.6 Å². The maximum Gasteiger partial charge on any atom is 0.159 e. The third-order valence-corrected chi connectivity index (χ3v) is 10.9. The Kier molecular flexibility index (Phi) is 5.17.